The first kappa shape index (κ1) is 15.2. The molecule has 4 rings (SSSR count). The molecule has 1 amide bonds. The minimum atomic E-state index is 0.224. The predicted molar refractivity (Wildman–Crippen MR) is 96.2 cm³/mol. The average molecular weight is 321 g/mol. The van der Waals surface area contributed by atoms with Gasteiger partial charge in [0.25, 0.3) is 0 Å². The third-order valence-corrected chi connectivity index (χ3v) is 5.16. The summed E-state index contributed by atoms with van der Waals surface area (Å²) in [6, 6.07) is 12.6. The molecule has 2 heterocycles. The largest absolute Gasteiger partial charge is 0.349 e. The average Bonchev–Trinajstić information content (AvgIpc) is 2.55. The van der Waals surface area contributed by atoms with Gasteiger partial charge in [-0.2, -0.15) is 0 Å². The van der Waals surface area contributed by atoms with E-state index in [1.807, 2.05) is 23.2 Å². The molecule has 2 aromatic rings. The van der Waals surface area contributed by atoms with Crippen LogP contribution in [0, 0.1) is 12.8 Å². The first-order valence-electron chi connectivity index (χ1n) is 8.79. The van der Waals surface area contributed by atoms with Gasteiger partial charge in [0, 0.05) is 31.7 Å². The quantitative estimate of drug-likeness (QED) is 0.867. The summed E-state index contributed by atoms with van der Waals surface area (Å²) in [5.74, 6) is 1.43. The van der Waals surface area contributed by atoms with Crippen LogP contribution in [0.4, 0.5) is 11.5 Å². The van der Waals surface area contributed by atoms with Crippen LogP contribution in [0.3, 0.4) is 0 Å². The number of rotatable bonds is 3. The molecule has 0 saturated heterocycles. The lowest BCUT2D eigenvalue weighted by atomic mass is 9.84. The number of carbonyl (C=O) groups excluding carboxylic acids is 1. The van der Waals surface area contributed by atoms with E-state index >= 15 is 0 Å². The molecule has 1 aromatic carbocycles. The molecular formula is C20H23N3O. The Balaban J connectivity index is 1.59. The van der Waals surface area contributed by atoms with Crippen LogP contribution < -0.4 is 9.80 Å². The van der Waals surface area contributed by atoms with E-state index in [0.29, 0.717) is 0 Å². The fourth-order valence-electron chi connectivity index (χ4n) is 3.46. The molecular weight excluding hydrogens is 298 g/mol. The van der Waals surface area contributed by atoms with Gasteiger partial charge in [-0.3, -0.25) is 4.79 Å². The molecule has 1 saturated carbocycles. The molecule has 4 heteroatoms. The van der Waals surface area contributed by atoms with Crippen molar-refractivity contribution in [2.45, 2.75) is 32.7 Å². The lowest BCUT2D eigenvalue weighted by Gasteiger charge is -2.39. The normalized spacial score (nSPS) is 17.4. The maximum atomic E-state index is 12.7. The van der Waals surface area contributed by atoms with Crippen molar-refractivity contribution in [1.82, 2.24) is 4.98 Å². The van der Waals surface area contributed by atoms with Crippen molar-refractivity contribution < 1.29 is 4.79 Å². The number of anilines is 2. The van der Waals surface area contributed by atoms with Gasteiger partial charge in [-0.05, 0) is 37.5 Å². The first-order valence-corrected chi connectivity index (χ1v) is 8.79. The van der Waals surface area contributed by atoms with E-state index in [0.717, 1.165) is 44.0 Å². The number of hydrogen-bond acceptors (Lipinski definition) is 3. The lowest BCUT2D eigenvalue weighted by Crippen LogP contribution is -2.47. The van der Waals surface area contributed by atoms with Crippen molar-refractivity contribution in [3.05, 3.63) is 53.7 Å². The number of benzene rings is 1. The van der Waals surface area contributed by atoms with Crippen molar-refractivity contribution in [3.63, 3.8) is 0 Å². The standard InChI is InChI=1S/C20H23N3O/c1-15-7-9-16(10-8-15)14-22-12-13-23(20(24)17-4-2-5-17)18-6-3-11-21-19(18)22/h3,6-11,17H,2,4-5,12-14H2,1H3. The van der Waals surface area contributed by atoms with Gasteiger partial charge in [0.2, 0.25) is 5.91 Å². The second-order valence-electron chi connectivity index (χ2n) is 6.87. The van der Waals surface area contributed by atoms with Gasteiger partial charge < -0.3 is 9.80 Å². The van der Waals surface area contributed by atoms with E-state index in [1.165, 1.54) is 17.5 Å². The number of hydrogen-bond donors (Lipinski definition) is 0. The molecule has 1 fully saturated rings. The first-order chi connectivity index (χ1) is 11.7. The molecule has 0 N–H and O–H groups in total. The summed E-state index contributed by atoms with van der Waals surface area (Å²) in [5, 5.41) is 0. The molecule has 0 atom stereocenters. The molecule has 4 nitrogen and oxygen atoms in total. The monoisotopic (exact) mass is 321 g/mol. The van der Waals surface area contributed by atoms with Crippen LogP contribution in [0.1, 0.15) is 30.4 Å². The summed E-state index contributed by atoms with van der Waals surface area (Å²) < 4.78 is 0. The van der Waals surface area contributed by atoms with Crippen molar-refractivity contribution in [2.75, 3.05) is 22.9 Å². The van der Waals surface area contributed by atoms with Crippen molar-refractivity contribution in [3.8, 4) is 0 Å². The molecule has 0 bridgehead atoms. The van der Waals surface area contributed by atoms with Gasteiger partial charge in [-0.15, -0.1) is 0 Å². The Hall–Kier alpha value is -2.36. The lowest BCUT2D eigenvalue weighted by molar-refractivity contribution is -0.124. The second-order valence-corrected chi connectivity index (χ2v) is 6.87. The number of carbonyl (C=O) groups is 1. The fraction of sp³-hybridized carbons (Fsp3) is 0.400. The van der Waals surface area contributed by atoms with Crippen LogP contribution in [0.15, 0.2) is 42.6 Å². The van der Waals surface area contributed by atoms with Gasteiger partial charge >= 0.3 is 0 Å². The van der Waals surface area contributed by atoms with Gasteiger partial charge in [0.15, 0.2) is 5.82 Å². The zero-order chi connectivity index (χ0) is 16.5. The molecule has 1 aromatic heterocycles. The van der Waals surface area contributed by atoms with Crippen LogP contribution in [0.5, 0.6) is 0 Å². The molecule has 0 radical (unpaired) electrons. The third-order valence-electron chi connectivity index (χ3n) is 5.16. The summed E-state index contributed by atoms with van der Waals surface area (Å²) >= 11 is 0. The van der Waals surface area contributed by atoms with Crippen molar-refractivity contribution in [1.29, 1.82) is 0 Å². The minimum Gasteiger partial charge on any atom is -0.349 e. The number of amides is 1. The smallest absolute Gasteiger partial charge is 0.230 e. The number of nitrogens with zero attached hydrogens (tertiary/aromatic N) is 3. The number of aromatic nitrogens is 1. The van der Waals surface area contributed by atoms with E-state index in [9.17, 15) is 4.79 Å². The van der Waals surface area contributed by atoms with E-state index in [1.54, 1.807) is 0 Å². The molecule has 0 unspecified atom stereocenters. The minimum absolute atomic E-state index is 0.224. The highest BCUT2D eigenvalue weighted by molar-refractivity contribution is 5.98. The summed E-state index contributed by atoms with van der Waals surface area (Å²) in [5.41, 5.74) is 3.51. The van der Waals surface area contributed by atoms with Crippen LogP contribution in [-0.4, -0.2) is 24.0 Å². The Bertz CT molecular complexity index is 737. The molecule has 1 aliphatic carbocycles. The number of fused-ring (bicyclic) bond motifs is 1. The summed E-state index contributed by atoms with van der Waals surface area (Å²) in [6.45, 7) is 4.51. The molecule has 124 valence electrons. The van der Waals surface area contributed by atoms with Crippen molar-refractivity contribution >= 4 is 17.4 Å². The third kappa shape index (κ3) is 2.77. The van der Waals surface area contributed by atoms with E-state index < -0.39 is 0 Å². The Morgan fingerprint density at radius 3 is 2.67 bits per heavy atom. The molecule has 1 aliphatic heterocycles. The topological polar surface area (TPSA) is 36.4 Å². The van der Waals surface area contributed by atoms with Crippen LogP contribution in [0.2, 0.25) is 0 Å². The highest BCUT2D eigenvalue weighted by Gasteiger charge is 2.34. The Kier molecular flexibility index (Phi) is 3.97. The second kappa shape index (κ2) is 6.27. The molecule has 24 heavy (non-hydrogen) atoms. The Morgan fingerprint density at radius 1 is 1.17 bits per heavy atom. The van der Waals surface area contributed by atoms with Crippen molar-refractivity contribution in [2.24, 2.45) is 5.92 Å². The summed E-state index contributed by atoms with van der Waals surface area (Å²) in [4.78, 5) is 21.5. The van der Waals surface area contributed by atoms with Crippen LogP contribution >= 0.6 is 0 Å². The summed E-state index contributed by atoms with van der Waals surface area (Å²) in [7, 11) is 0. The number of pyridine rings is 1. The highest BCUT2D eigenvalue weighted by atomic mass is 16.2. The molecule has 0 spiro atoms. The Morgan fingerprint density at radius 2 is 1.96 bits per heavy atom. The van der Waals surface area contributed by atoms with E-state index in [2.05, 4.69) is 41.1 Å². The maximum absolute atomic E-state index is 12.7. The summed E-state index contributed by atoms with van der Waals surface area (Å²) in [6.07, 6.45) is 5.08. The zero-order valence-electron chi connectivity index (χ0n) is 14.1. The SMILES string of the molecule is Cc1ccc(CN2CCN(C(=O)C3CCC3)c3cccnc32)cc1. The highest BCUT2D eigenvalue weighted by Crippen LogP contribution is 2.36. The van der Waals surface area contributed by atoms with Gasteiger partial charge in [-0.1, -0.05) is 36.2 Å². The predicted octanol–water partition coefficient (Wildman–Crippen LogP) is 3.54. The van der Waals surface area contributed by atoms with E-state index in [4.69, 9.17) is 0 Å². The number of aryl methyl sites for hydroxylation is 1. The maximum Gasteiger partial charge on any atom is 0.230 e. The van der Waals surface area contributed by atoms with Gasteiger partial charge in [0.1, 0.15) is 0 Å². The Labute approximate surface area is 143 Å². The zero-order valence-corrected chi connectivity index (χ0v) is 14.1. The van der Waals surface area contributed by atoms with E-state index in [-0.39, 0.29) is 11.8 Å². The van der Waals surface area contributed by atoms with Gasteiger partial charge in [0.05, 0.1) is 5.69 Å². The van der Waals surface area contributed by atoms with Gasteiger partial charge in [-0.25, -0.2) is 4.98 Å². The van der Waals surface area contributed by atoms with Crippen LogP contribution in [-0.2, 0) is 11.3 Å². The molecule has 2 aliphatic rings. The van der Waals surface area contributed by atoms with Crippen LogP contribution in [0.25, 0.3) is 0 Å². The fourth-order valence-corrected chi connectivity index (χ4v) is 3.46.